The molecule has 0 aliphatic carbocycles. The van der Waals surface area contributed by atoms with Crippen LogP contribution in [0.25, 0.3) is 0 Å². The summed E-state index contributed by atoms with van der Waals surface area (Å²) in [4.78, 5) is 21.1. The maximum absolute atomic E-state index is 13.0. The summed E-state index contributed by atoms with van der Waals surface area (Å²) in [5.41, 5.74) is 0.778. The van der Waals surface area contributed by atoms with E-state index in [1.54, 1.807) is 0 Å². The molecule has 2 saturated heterocycles. The van der Waals surface area contributed by atoms with Crippen LogP contribution in [0.4, 0.5) is 17.6 Å². The third-order valence-electron chi connectivity index (χ3n) is 4.60. The average Bonchev–Trinajstić information content (AvgIpc) is 2.85. The smallest absolute Gasteiger partial charge is 0.475 e. The standard InChI is InChI=1S/C14H17FN2O.C2HF3O2/c15-11-3-1-10(2-4-11)12-9-17-13(18)14(12)5-7-16-8-6-14;3-2(4,5)1(6)7/h1-4,12,16H,5-9H2,(H,17,18);(H,6,7). The lowest BCUT2D eigenvalue weighted by atomic mass is 9.68. The summed E-state index contributed by atoms with van der Waals surface area (Å²) < 4.78 is 44.7. The second-order valence-corrected chi connectivity index (χ2v) is 6.02. The first kappa shape index (κ1) is 19.2. The number of carboxylic acid groups (broad SMARTS) is 1. The molecule has 0 aromatic heterocycles. The van der Waals surface area contributed by atoms with E-state index in [1.807, 2.05) is 12.1 Å². The third kappa shape index (κ3) is 4.28. The third-order valence-corrected chi connectivity index (χ3v) is 4.60. The van der Waals surface area contributed by atoms with Gasteiger partial charge in [0.1, 0.15) is 5.82 Å². The molecule has 2 heterocycles. The van der Waals surface area contributed by atoms with Crippen molar-refractivity contribution in [2.75, 3.05) is 19.6 Å². The lowest BCUT2D eigenvalue weighted by Gasteiger charge is -2.36. The van der Waals surface area contributed by atoms with E-state index in [2.05, 4.69) is 10.6 Å². The van der Waals surface area contributed by atoms with Gasteiger partial charge in [0.25, 0.3) is 0 Å². The Hall–Kier alpha value is -2.16. The summed E-state index contributed by atoms with van der Waals surface area (Å²) in [6.07, 6.45) is -3.36. The molecule has 2 fully saturated rings. The van der Waals surface area contributed by atoms with Crippen molar-refractivity contribution in [3.05, 3.63) is 35.6 Å². The number of carbonyl (C=O) groups is 2. The number of halogens is 4. The van der Waals surface area contributed by atoms with Crippen LogP contribution in [-0.4, -0.2) is 42.8 Å². The first-order valence-corrected chi connectivity index (χ1v) is 7.71. The number of piperidine rings is 1. The number of nitrogens with one attached hydrogen (secondary N) is 2. The molecule has 9 heteroatoms. The number of alkyl halides is 3. The normalized spacial score (nSPS) is 22.1. The lowest BCUT2D eigenvalue weighted by Crippen LogP contribution is -2.44. The lowest BCUT2D eigenvalue weighted by molar-refractivity contribution is -0.192. The van der Waals surface area contributed by atoms with Gasteiger partial charge in [-0.15, -0.1) is 0 Å². The van der Waals surface area contributed by atoms with Crippen LogP contribution in [0, 0.1) is 11.2 Å². The van der Waals surface area contributed by atoms with Gasteiger partial charge in [-0.1, -0.05) is 12.1 Å². The summed E-state index contributed by atoms with van der Waals surface area (Å²) in [6, 6.07) is 6.58. The zero-order chi connectivity index (χ0) is 18.7. The second-order valence-electron chi connectivity index (χ2n) is 6.02. The molecule has 5 nitrogen and oxygen atoms in total. The molecule has 0 radical (unpaired) electrons. The van der Waals surface area contributed by atoms with Crippen LogP contribution in [0.3, 0.4) is 0 Å². The van der Waals surface area contributed by atoms with E-state index in [0.717, 1.165) is 31.5 Å². The van der Waals surface area contributed by atoms with E-state index in [0.29, 0.717) is 6.54 Å². The van der Waals surface area contributed by atoms with Crippen molar-refractivity contribution < 1.29 is 32.3 Å². The quantitative estimate of drug-likeness (QED) is 0.668. The first-order chi connectivity index (χ1) is 11.7. The predicted octanol–water partition coefficient (Wildman–Crippen LogP) is 2.04. The molecule has 0 bridgehead atoms. The van der Waals surface area contributed by atoms with E-state index >= 15 is 0 Å². The van der Waals surface area contributed by atoms with Gasteiger partial charge in [-0.05, 0) is 43.6 Å². The molecule has 138 valence electrons. The Bertz CT molecular complexity index is 625. The van der Waals surface area contributed by atoms with Gasteiger partial charge in [-0.2, -0.15) is 13.2 Å². The fourth-order valence-electron chi connectivity index (χ4n) is 3.30. The largest absolute Gasteiger partial charge is 0.490 e. The number of amides is 1. The summed E-state index contributed by atoms with van der Waals surface area (Å²) in [5.74, 6) is -2.64. The van der Waals surface area contributed by atoms with Crippen LogP contribution in [0.1, 0.15) is 24.3 Å². The van der Waals surface area contributed by atoms with Gasteiger partial charge in [-0.25, -0.2) is 9.18 Å². The van der Waals surface area contributed by atoms with E-state index in [4.69, 9.17) is 9.90 Å². The Morgan fingerprint density at radius 3 is 2.16 bits per heavy atom. The molecule has 1 atom stereocenters. The first-order valence-electron chi connectivity index (χ1n) is 7.71. The molecule has 0 saturated carbocycles. The Morgan fingerprint density at radius 2 is 1.68 bits per heavy atom. The predicted molar refractivity (Wildman–Crippen MR) is 80.4 cm³/mol. The van der Waals surface area contributed by atoms with Crippen molar-refractivity contribution in [2.45, 2.75) is 24.9 Å². The van der Waals surface area contributed by atoms with Crippen LogP contribution in [-0.2, 0) is 9.59 Å². The van der Waals surface area contributed by atoms with E-state index in [9.17, 15) is 22.4 Å². The van der Waals surface area contributed by atoms with Crippen LogP contribution in [0.5, 0.6) is 0 Å². The van der Waals surface area contributed by atoms with Gasteiger partial charge >= 0.3 is 12.1 Å². The Labute approximate surface area is 141 Å². The zero-order valence-corrected chi connectivity index (χ0v) is 13.2. The van der Waals surface area contributed by atoms with Crippen LogP contribution >= 0.6 is 0 Å². The van der Waals surface area contributed by atoms with Crippen molar-refractivity contribution in [1.82, 2.24) is 10.6 Å². The monoisotopic (exact) mass is 362 g/mol. The van der Waals surface area contributed by atoms with E-state index in [-0.39, 0.29) is 23.1 Å². The topological polar surface area (TPSA) is 78.4 Å². The minimum atomic E-state index is -5.08. The molecule has 3 rings (SSSR count). The SMILES string of the molecule is O=C(O)C(F)(F)F.O=C1NCC(c2ccc(F)cc2)C12CCNCC2. The highest BCUT2D eigenvalue weighted by molar-refractivity contribution is 5.86. The maximum Gasteiger partial charge on any atom is 0.490 e. The minimum Gasteiger partial charge on any atom is -0.475 e. The van der Waals surface area contributed by atoms with Gasteiger partial charge in [0.05, 0.1) is 5.41 Å². The molecule has 2 aliphatic rings. The number of carbonyl (C=O) groups excluding carboxylic acids is 1. The van der Waals surface area contributed by atoms with E-state index in [1.165, 1.54) is 12.1 Å². The zero-order valence-electron chi connectivity index (χ0n) is 13.2. The minimum absolute atomic E-state index is 0.165. The number of hydrogen-bond acceptors (Lipinski definition) is 3. The number of benzene rings is 1. The van der Waals surface area contributed by atoms with Crippen molar-refractivity contribution in [3.8, 4) is 0 Å². The van der Waals surface area contributed by atoms with Gasteiger partial charge < -0.3 is 15.7 Å². The number of rotatable bonds is 1. The Kier molecular flexibility index (Phi) is 5.66. The van der Waals surface area contributed by atoms with Crippen molar-refractivity contribution in [3.63, 3.8) is 0 Å². The second kappa shape index (κ2) is 7.38. The number of carboxylic acids is 1. The Morgan fingerprint density at radius 1 is 1.16 bits per heavy atom. The highest BCUT2D eigenvalue weighted by atomic mass is 19.4. The average molecular weight is 362 g/mol. The number of aliphatic carboxylic acids is 1. The number of hydrogen-bond donors (Lipinski definition) is 3. The van der Waals surface area contributed by atoms with Crippen LogP contribution < -0.4 is 10.6 Å². The van der Waals surface area contributed by atoms with Crippen LogP contribution in [0.2, 0.25) is 0 Å². The molecule has 1 aromatic carbocycles. The fourth-order valence-corrected chi connectivity index (χ4v) is 3.30. The summed E-state index contributed by atoms with van der Waals surface area (Å²) in [7, 11) is 0. The Balaban J connectivity index is 0.000000277. The van der Waals surface area contributed by atoms with Gasteiger partial charge in [0, 0.05) is 12.5 Å². The molecule has 25 heavy (non-hydrogen) atoms. The molecule has 2 aliphatic heterocycles. The van der Waals surface area contributed by atoms with Crippen LogP contribution in [0.15, 0.2) is 24.3 Å². The molecule has 1 aromatic rings. The molecular weight excluding hydrogens is 344 g/mol. The molecule has 1 unspecified atom stereocenters. The van der Waals surface area contributed by atoms with Gasteiger partial charge in [0.2, 0.25) is 5.91 Å². The summed E-state index contributed by atoms with van der Waals surface area (Å²) >= 11 is 0. The van der Waals surface area contributed by atoms with E-state index < -0.39 is 12.1 Å². The molecular formula is C16H18F4N2O3. The molecule has 1 spiro atoms. The maximum atomic E-state index is 13.0. The highest BCUT2D eigenvalue weighted by Gasteiger charge is 2.50. The van der Waals surface area contributed by atoms with Crippen molar-refractivity contribution >= 4 is 11.9 Å². The summed E-state index contributed by atoms with van der Waals surface area (Å²) in [6.45, 7) is 2.43. The molecule has 1 amide bonds. The van der Waals surface area contributed by atoms with Gasteiger partial charge in [0.15, 0.2) is 0 Å². The highest BCUT2D eigenvalue weighted by Crippen LogP contribution is 2.46. The van der Waals surface area contributed by atoms with Crippen molar-refractivity contribution in [1.29, 1.82) is 0 Å². The molecule has 3 N–H and O–H groups in total. The fraction of sp³-hybridized carbons (Fsp3) is 0.500. The summed E-state index contributed by atoms with van der Waals surface area (Å²) in [5, 5.41) is 13.4. The van der Waals surface area contributed by atoms with Crippen molar-refractivity contribution in [2.24, 2.45) is 5.41 Å². The van der Waals surface area contributed by atoms with Gasteiger partial charge in [-0.3, -0.25) is 4.79 Å².